The minimum Gasteiger partial charge on any atom is -0.394 e. The number of aliphatic hydroxyl groups excluding tert-OH is 1. The van der Waals surface area contributed by atoms with Gasteiger partial charge in [0.2, 0.25) is 0 Å². The number of carbonyl (C=O) groups is 2. The van der Waals surface area contributed by atoms with Gasteiger partial charge in [0.25, 0.3) is 11.8 Å². The highest BCUT2D eigenvalue weighted by Gasteiger charge is 2.08. The molecule has 0 saturated carbocycles. The van der Waals surface area contributed by atoms with E-state index in [0.29, 0.717) is 22.5 Å². The second-order valence-corrected chi connectivity index (χ2v) is 5.33. The second-order valence-electron chi connectivity index (χ2n) is 5.33. The molecule has 0 spiro atoms. The number of nitrogens with zero attached hydrogens (tertiary/aromatic N) is 2. The van der Waals surface area contributed by atoms with E-state index in [4.69, 9.17) is 10.3 Å². The summed E-state index contributed by atoms with van der Waals surface area (Å²) in [6.07, 6.45) is 3.20. The third kappa shape index (κ3) is 22.9. The molecule has 0 bridgehead atoms. The van der Waals surface area contributed by atoms with Crippen LogP contribution in [0.3, 0.4) is 0 Å². The monoisotopic (exact) mass is 512 g/mol. The average molecular weight is 513 g/mol. The normalized spacial score (nSPS) is 9.33. The summed E-state index contributed by atoms with van der Waals surface area (Å²) in [6.45, 7) is 21.4. The van der Waals surface area contributed by atoms with Gasteiger partial charge >= 0.3 is 0 Å². The van der Waals surface area contributed by atoms with Crippen LogP contribution in [0.5, 0.6) is 0 Å². The highest BCUT2D eigenvalue weighted by atomic mass is 16.7. The van der Waals surface area contributed by atoms with Crippen LogP contribution in [-0.2, 0) is 9.57 Å². The summed E-state index contributed by atoms with van der Waals surface area (Å²) in [4.78, 5) is 34.7. The van der Waals surface area contributed by atoms with E-state index >= 15 is 0 Å². The number of hydrogen-bond acceptors (Lipinski definition) is 8. The van der Waals surface area contributed by atoms with Crippen molar-refractivity contribution in [2.75, 3.05) is 26.4 Å². The van der Waals surface area contributed by atoms with Gasteiger partial charge in [-0.15, -0.1) is 0 Å². The van der Waals surface area contributed by atoms with E-state index in [1.807, 2.05) is 55.4 Å². The number of aryl methyl sites for hydroxylation is 2. The first-order chi connectivity index (χ1) is 17.5. The summed E-state index contributed by atoms with van der Waals surface area (Å²) in [5.41, 5.74) is 5.83. The van der Waals surface area contributed by atoms with Gasteiger partial charge in [0.15, 0.2) is 0 Å². The van der Waals surface area contributed by atoms with Crippen molar-refractivity contribution < 1.29 is 29.5 Å². The minimum atomic E-state index is -0.532. The van der Waals surface area contributed by atoms with Crippen molar-refractivity contribution in [3.8, 4) is 0 Å². The van der Waals surface area contributed by atoms with Crippen molar-refractivity contribution in [2.24, 2.45) is 0 Å². The lowest BCUT2D eigenvalue weighted by molar-refractivity contribution is 0.0167. The number of aromatic nitrogens is 2. The number of ether oxygens (including phenoxy) is 1. The summed E-state index contributed by atoms with van der Waals surface area (Å²) in [5, 5.41) is 16.7. The van der Waals surface area contributed by atoms with Crippen LogP contribution in [-0.4, -0.2) is 58.5 Å². The lowest BCUT2D eigenvalue weighted by Crippen LogP contribution is -2.26. The van der Waals surface area contributed by atoms with Crippen molar-refractivity contribution in [2.45, 2.75) is 69.2 Å². The van der Waals surface area contributed by atoms with Gasteiger partial charge in [-0.05, 0) is 38.1 Å². The number of rotatable bonds is 5. The predicted molar refractivity (Wildman–Crippen MR) is 144 cm³/mol. The van der Waals surface area contributed by atoms with Gasteiger partial charge in [-0.3, -0.25) is 29.6 Å². The average Bonchev–Trinajstić information content (AvgIpc) is 3.84. The lowest BCUT2D eigenvalue weighted by atomic mass is 10.2. The van der Waals surface area contributed by atoms with Crippen LogP contribution in [0.2, 0.25) is 0 Å². The van der Waals surface area contributed by atoms with Crippen molar-refractivity contribution in [1.82, 2.24) is 20.9 Å². The van der Waals surface area contributed by atoms with Gasteiger partial charge in [-0.2, -0.15) is 0 Å². The van der Waals surface area contributed by atoms with Crippen molar-refractivity contribution in [3.63, 3.8) is 0 Å². The molecule has 1 fully saturated rings. The topological polar surface area (TPSA) is 146 Å². The second kappa shape index (κ2) is 32.1. The van der Waals surface area contributed by atoms with Crippen LogP contribution in [0.1, 0.15) is 87.5 Å². The zero-order valence-electron chi connectivity index (χ0n) is 23.7. The molecule has 2 amide bonds. The highest BCUT2D eigenvalue weighted by Crippen LogP contribution is 2.03. The maximum absolute atomic E-state index is 11.4. The van der Waals surface area contributed by atoms with Gasteiger partial charge < -0.3 is 9.84 Å². The van der Waals surface area contributed by atoms with Crippen LogP contribution in [0, 0.1) is 13.8 Å². The van der Waals surface area contributed by atoms with Crippen LogP contribution in [0.4, 0.5) is 0 Å². The van der Waals surface area contributed by atoms with Crippen molar-refractivity contribution in [1.29, 1.82) is 0 Å². The Bertz CT molecular complexity index is 756. The Morgan fingerprint density at radius 3 is 1.56 bits per heavy atom. The number of aliphatic hydroxyl groups is 1. The molecule has 0 aromatic carbocycles. The molecule has 2 aromatic heterocycles. The number of amides is 2. The molecule has 2 aromatic rings. The first-order valence-corrected chi connectivity index (χ1v) is 12.4. The number of nitrogens with one attached hydrogen (secondary N) is 2. The van der Waals surface area contributed by atoms with Crippen LogP contribution in [0.25, 0.3) is 0 Å². The Morgan fingerprint density at radius 1 is 0.861 bits per heavy atom. The summed E-state index contributed by atoms with van der Waals surface area (Å²) in [5.74, 6) is -0.889. The maximum atomic E-state index is 11.4. The molecule has 10 heteroatoms. The lowest BCUT2D eigenvalue weighted by Gasteiger charge is -2.05. The molecule has 0 radical (unpaired) electrons. The van der Waals surface area contributed by atoms with Crippen LogP contribution in [0.15, 0.2) is 36.7 Å². The van der Waals surface area contributed by atoms with Crippen molar-refractivity contribution in [3.05, 3.63) is 59.2 Å². The molecule has 3 rings (SSSR count). The van der Waals surface area contributed by atoms with Gasteiger partial charge in [0.1, 0.15) is 0 Å². The Morgan fingerprint density at radius 2 is 1.25 bits per heavy atom. The van der Waals surface area contributed by atoms with Gasteiger partial charge in [-0.1, -0.05) is 55.4 Å². The van der Waals surface area contributed by atoms with Crippen LogP contribution < -0.4 is 11.0 Å². The first-order valence-electron chi connectivity index (χ1n) is 12.4. The summed E-state index contributed by atoms with van der Waals surface area (Å²) in [6, 6.07) is 6.55. The van der Waals surface area contributed by atoms with Gasteiger partial charge in [-0.25, -0.2) is 11.0 Å². The summed E-state index contributed by atoms with van der Waals surface area (Å²) < 4.78 is 4.50. The quantitative estimate of drug-likeness (QED) is 0.196. The molecule has 0 unspecified atom stereocenters. The van der Waals surface area contributed by atoms with E-state index in [0.717, 1.165) is 13.2 Å². The number of hydroxylamine groups is 2. The van der Waals surface area contributed by atoms with Crippen LogP contribution >= 0.6 is 0 Å². The molecule has 1 aliphatic rings. The smallest absolute Gasteiger partial charge is 0.276 e. The van der Waals surface area contributed by atoms with E-state index in [9.17, 15) is 9.59 Å². The SMILES string of the molecule is C1CO1.CC.CC.CC.CC.Cc1ncccc1C(=O)NO.Cc1ncccc1C(=O)NOCCO. The molecule has 4 N–H and O–H groups in total. The Labute approximate surface area is 217 Å². The zero-order valence-corrected chi connectivity index (χ0v) is 23.7. The highest BCUT2D eigenvalue weighted by molar-refractivity contribution is 5.94. The largest absolute Gasteiger partial charge is 0.394 e. The molecular formula is C26H48N4O6. The third-order valence-corrected chi connectivity index (χ3v) is 3.17. The standard InChI is InChI=1S/C9H12N2O3.C7H8N2O2.C2H4O.4C2H6/c1-7-8(3-2-4-10-7)9(13)11-14-6-5-12;1-5-6(7(10)9-11)3-2-4-8-5;1-2-3-1;4*1-2/h2-4,12H,5-6H2,1H3,(H,11,13);2-4,11H,1H3,(H,9,10);1-2H2;4*1-2H3. The molecule has 10 nitrogen and oxygen atoms in total. The molecule has 0 aliphatic carbocycles. The fraction of sp³-hybridized carbons (Fsp3) is 0.538. The van der Waals surface area contributed by atoms with Gasteiger partial charge in [0.05, 0.1) is 48.9 Å². The Kier molecular flexibility index (Phi) is 35.9. The molecule has 208 valence electrons. The first kappa shape index (κ1) is 40.3. The molecule has 36 heavy (non-hydrogen) atoms. The molecule has 0 atom stereocenters. The number of epoxide rings is 1. The third-order valence-electron chi connectivity index (χ3n) is 3.17. The summed E-state index contributed by atoms with van der Waals surface area (Å²) >= 11 is 0. The van der Waals surface area contributed by atoms with E-state index in [2.05, 4.69) is 25.0 Å². The van der Waals surface area contributed by atoms with E-state index in [1.165, 1.54) is 0 Å². The number of carbonyl (C=O) groups excluding carboxylic acids is 2. The molecule has 3 heterocycles. The van der Waals surface area contributed by atoms with E-state index in [-0.39, 0.29) is 19.1 Å². The minimum absolute atomic E-state index is 0.0745. The molecule has 1 aliphatic heterocycles. The zero-order chi connectivity index (χ0) is 28.8. The Balaban J connectivity index is -0.000000206. The van der Waals surface area contributed by atoms with Gasteiger partial charge in [0, 0.05) is 12.4 Å². The number of pyridine rings is 2. The molecule has 1 saturated heterocycles. The van der Waals surface area contributed by atoms with E-state index < -0.39 is 5.91 Å². The maximum Gasteiger partial charge on any atom is 0.276 e. The van der Waals surface area contributed by atoms with Crippen molar-refractivity contribution >= 4 is 11.8 Å². The Hall–Kier alpha value is -2.92. The van der Waals surface area contributed by atoms with E-state index in [1.54, 1.807) is 56.0 Å². The fourth-order valence-electron chi connectivity index (χ4n) is 1.73. The molecular weight excluding hydrogens is 464 g/mol. The summed E-state index contributed by atoms with van der Waals surface area (Å²) in [7, 11) is 0. The number of hydrogen-bond donors (Lipinski definition) is 4. The fourth-order valence-corrected chi connectivity index (χ4v) is 1.73. The predicted octanol–water partition coefficient (Wildman–Crippen LogP) is 4.67.